The van der Waals surface area contributed by atoms with E-state index in [1.54, 1.807) is 21.6 Å². The second-order valence-corrected chi connectivity index (χ2v) is 26.4. The van der Waals surface area contributed by atoms with E-state index in [9.17, 15) is 0 Å². The summed E-state index contributed by atoms with van der Waals surface area (Å²) in [5.74, 6) is 4.75. The van der Waals surface area contributed by atoms with E-state index in [4.69, 9.17) is 0 Å². The van der Waals surface area contributed by atoms with Crippen LogP contribution in [0.1, 0.15) is 11.1 Å². The molecule has 0 fully saturated rings. The number of hydrogen-bond donors (Lipinski definition) is 0. The number of halogens is 1. The fourth-order valence-electron chi connectivity index (χ4n) is 4.51. The van der Waals surface area contributed by atoms with Gasteiger partial charge in [0.05, 0.1) is 0 Å². The van der Waals surface area contributed by atoms with Gasteiger partial charge in [-0.15, -0.1) is 69.1 Å². The van der Waals surface area contributed by atoms with Crippen molar-refractivity contribution in [1.82, 2.24) is 0 Å². The average Bonchev–Trinajstić information content (AvgIpc) is 3.45. The summed E-state index contributed by atoms with van der Waals surface area (Å²) in [5, 5.41) is 5.37. The Hall–Kier alpha value is -2.18. The topological polar surface area (TPSA) is 0 Å². The summed E-state index contributed by atoms with van der Waals surface area (Å²) in [4.78, 5) is 0. The van der Waals surface area contributed by atoms with Crippen molar-refractivity contribution in [3.05, 3.63) is 132 Å². The molecule has 0 atom stereocenters. The molecule has 0 unspecified atom stereocenters. The van der Waals surface area contributed by atoms with E-state index >= 15 is 0 Å². The van der Waals surface area contributed by atoms with Crippen LogP contribution in [0.2, 0.25) is 11.5 Å². The van der Waals surface area contributed by atoms with Gasteiger partial charge in [0, 0.05) is 0 Å². The summed E-state index contributed by atoms with van der Waals surface area (Å²) in [5.41, 5.74) is 7.89. The first kappa shape index (κ1) is 29.4. The van der Waals surface area contributed by atoms with Crippen LogP contribution in [0.15, 0.2) is 121 Å². The zero-order valence-corrected chi connectivity index (χ0v) is 27.2. The maximum Gasteiger partial charge on any atom is -1.00 e. The molecule has 186 valence electrons. The van der Waals surface area contributed by atoms with Crippen LogP contribution >= 0.6 is 0 Å². The van der Waals surface area contributed by atoms with Gasteiger partial charge in [-0.3, -0.25) is 0 Å². The third-order valence-electron chi connectivity index (χ3n) is 5.96. The van der Waals surface area contributed by atoms with Crippen molar-refractivity contribution < 1.29 is 34.0 Å². The van der Waals surface area contributed by atoms with E-state index in [1.807, 2.05) is 0 Å². The molecule has 0 aliphatic rings. The summed E-state index contributed by atoms with van der Waals surface area (Å²) >= 11 is 1.80. The van der Waals surface area contributed by atoms with E-state index in [0.717, 1.165) is 0 Å². The van der Waals surface area contributed by atoms with E-state index in [2.05, 4.69) is 147 Å². The second-order valence-electron chi connectivity index (χ2n) is 9.41. The first-order valence-corrected chi connectivity index (χ1v) is 24.0. The van der Waals surface area contributed by atoms with Crippen LogP contribution in [0.4, 0.5) is 0 Å². The van der Waals surface area contributed by atoms with E-state index in [-0.39, 0.29) is 22.4 Å². The van der Waals surface area contributed by atoms with Gasteiger partial charge in [0.25, 0.3) is 0 Å². The van der Waals surface area contributed by atoms with Crippen LogP contribution < -0.4 is 12.4 Å². The van der Waals surface area contributed by atoms with E-state index in [1.165, 1.54) is 54.9 Å². The fourth-order valence-corrected chi connectivity index (χ4v) is 4.51. The van der Waals surface area contributed by atoms with Crippen molar-refractivity contribution in [2.45, 2.75) is 25.4 Å². The number of benzene rings is 4. The molecule has 0 aromatic heterocycles. The Morgan fingerprint density at radius 2 is 0.892 bits per heavy atom. The Bertz CT molecular complexity index is 1460. The normalized spacial score (nSPS) is 10.0. The quantitative estimate of drug-likeness (QED) is 0.144. The summed E-state index contributed by atoms with van der Waals surface area (Å²) < 4.78 is 0. The zero-order valence-electron chi connectivity index (χ0n) is 21.9. The molecule has 6 aromatic carbocycles. The minimum atomic E-state index is -0.243. The largest absolute Gasteiger partial charge is 1.00 e. The first-order valence-electron chi connectivity index (χ1n) is 12.4. The molecule has 0 aliphatic heterocycles. The van der Waals surface area contributed by atoms with Gasteiger partial charge < -0.3 is 12.4 Å². The Kier molecular flexibility index (Phi) is 11.2. The van der Waals surface area contributed by atoms with Crippen LogP contribution in [0.5, 0.6) is 0 Å². The summed E-state index contributed by atoms with van der Waals surface area (Å²) in [6, 6.07) is 43.1. The van der Waals surface area contributed by atoms with Crippen molar-refractivity contribution in [3.63, 3.8) is 0 Å². The van der Waals surface area contributed by atoms with Crippen LogP contribution in [0.3, 0.4) is 0 Å². The number of aryl methyl sites for hydroxylation is 2. The van der Waals surface area contributed by atoms with Crippen molar-refractivity contribution in [2.24, 2.45) is 0 Å². The molecule has 3 heteroatoms. The summed E-state index contributed by atoms with van der Waals surface area (Å²) in [7, 11) is -0.243. The summed E-state index contributed by atoms with van der Waals surface area (Å²) in [6.45, 7) is 4.30. The first-order chi connectivity index (χ1) is 17.4. The Balaban J connectivity index is 0.000000176. The monoisotopic (exact) mass is 639 g/mol. The van der Waals surface area contributed by atoms with Crippen molar-refractivity contribution >= 4 is 31.5 Å². The predicted molar refractivity (Wildman–Crippen MR) is 157 cm³/mol. The van der Waals surface area contributed by atoms with Crippen LogP contribution in [-0.4, -0.2) is 9.98 Å². The van der Waals surface area contributed by atoms with Gasteiger partial charge >= 0.3 is 43.1 Å². The van der Waals surface area contributed by atoms with Crippen molar-refractivity contribution in [3.8, 4) is 22.3 Å². The standard InChI is InChI=1S/2C16H13.C2H6Ge.ClH.Zr/c2*1-12-10-14-8-5-9-15(16(14)11-12)13-6-3-2-4-7-13;1-3-2;;/h2*2-11H,1H3;1-2H3;1H;/q2*-1;;;/p-1. The molecular weight excluding hydrogens is 608 g/mol. The van der Waals surface area contributed by atoms with Crippen molar-refractivity contribution in [2.75, 3.05) is 0 Å². The minimum Gasteiger partial charge on any atom is -1.00 e. The fraction of sp³-hybridized carbons (Fsp3) is 0.118. The molecule has 0 spiro atoms. The molecule has 0 aliphatic carbocycles. The second kappa shape index (κ2) is 14.1. The zero-order chi connectivity index (χ0) is 25.5. The van der Waals surface area contributed by atoms with E-state index in [0.29, 0.717) is 0 Å². The number of fused-ring (bicyclic) bond motifs is 2. The Morgan fingerprint density at radius 3 is 1.24 bits per heavy atom. The molecule has 0 amide bonds. The van der Waals surface area contributed by atoms with E-state index < -0.39 is 0 Å². The van der Waals surface area contributed by atoms with Gasteiger partial charge in [-0.25, -0.2) is 0 Å². The van der Waals surface area contributed by atoms with Crippen LogP contribution in [0, 0.1) is 13.8 Å². The molecule has 0 saturated heterocycles. The molecule has 0 N–H and O–H groups in total. The SMILES string of the molecule is Cc1cc2c(-c3ccccc3)cccc2[cH-]1.Cc1cc2c(-c3ccccc3)cccc2[cH-]1.[CH3][Ge]([CH3])=[Zr].[Cl-]. The average molecular weight is 640 g/mol. The molecular formula is C34H32ClGeZr-3. The third kappa shape index (κ3) is 7.90. The van der Waals surface area contributed by atoms with Gasteiger partial charge in [-0.2, -0.15) is 12.1 Å². The Labute approximate surface area is 243 Å². The third-order valence-corrected chi connectivity index (χ3v) is 5.96. The molecule has 6 aromatic rings. The van der Waals surface area contributed by atoms with Crippen molar-refractivity contribution in [1.29, 1.82) is 0 Å². The Morgan fingerprint density at radius 1 is 0.541 bits per heavy atom. The molecule has 0 radical (unpaired) electrons. The van der Waals surface area contributed by atoms with Crippen LogP contribution in [0.25, 0.3) is 43.8 Å². The minimum absolute atomic E-state index is 0. The van der Waals surface area contributed by atoms with Gasteiger partial charge in [-0.05, 0) is 11.1 Å². The molecule has 37 heavy (non-hydrogen) atoms. The summed E-state index contributed by atoms with van der Waals surface area (Å²) in [6.07, 6.45) is 0. The smallest absolute Gasteiger partial charge is 1.00 e. The van der Waals surface area contributed by atoms with Gasteiger partial charge in [-0.1, -0.05) is 97.8 Å². The van der Waals surface area contributed by atoms with Gasteiger partial charge in [0.2, 0.25) is 0 Å². The number of rotatable bonds is 2. The van der Waals surface area contributed by atoms with Gasteiger partial charge in [0.15, 0.2) is 0 Å². The molecule has 0 saturated carbocycles. The molecule has 0 heterocycles. The maximum absolute atomic E-state index is 2.37. The molecule has 6 rings (SSSR count). The van der Waals surface area contributed by atoms with Crippen LogP contribution in [-0.2, 0) is 21.6 Å². The number of hydrogen-bond acceptors (Lipinski definition) is 0. The molecule has 0 bridgehead atoms. The maximum atomic E-state index is 2.37. The molecule has 0 nitrogen and oxygen atoms in total. The predicted octanol–water partition coefficient (Wildman–Crippen LogP) is 6.86. The van der Waals surface area contributed by atoms with Gasteiger partial charge in [0.1, 0.15) is 0 Å².